The van der Waals surface area contributed by atoms with E-state index in [1.54, 1.807) is 40.0 Å². The zero-order valence-electron chi connectivity index (χ0n) is 60.7. The molecule has 0 aromatic heterocycles. The maximum atomic E-state index is 11.1. The largest absolute Gasteiger partial charge is 0.520 e. The summed E-state index contributed by atoms with van der Waals surface area (Å²) in [6.07, 6.45) is 12.4. The minimum absolute atomic E-state index is 0. The number of ether oxygens (including phenoxy) is 1. The number of hydrogen-bond acceptors (Lipinski definition) is 13. The van der Waals surface area contributed by atoms with Gasteiger partial charge < -0.3 is 69.1 Å². The fourth-order valence-corrected chi connectivity index (χ4v) is 13.3. The maximum absolute atomic E-state index is 11.1. The quantitative estimate of drug-likeness (QED) is 0.0552. The van der Waals surface area contributed by atoms with Gasteiger partial charge >= 0.3 is 0 Å². The molecule has 0 saturated carbocycles. The van der Waals surface area contributed by atoms with E-state index in [1.807, 2.05) is 38.3 Å². The summed E-state index contributed by atoms with van der Waals surface area (Å²) in [6.45, 7) is 16.4. The number of methoxy groups -OCH3 is 1. The number of ketones is 1. The van der Waals surface area contributed by atoms with Crippen LogP contribution >= 0.6 is 22.6 Å². The zero-order chi connectivity index (χ0) is 69.5. The van der Waals surface area contributed by atoms with E-state index < -0.39 is 16.8 Å². The van der Waals surface area contributed by atoms with E-state index >= 15 is 0 Å². The molecule has 18 nitrogen and oxygen atoms in total. The summed E-state index contributed by atoms with van der Waals surface area (Å²) < 4.78 is 45.3. The van der Waals surface area contributed by atoms with Gasteiger partial charge in [0.15, 0.2) is 0 Å². The Kier molecular flexibility index (Phi) is 38.0. The number of carbonyl (C=O) groups is 2. The zero-order valence-corrected chi connectivity index (χ0v) is 66.2. The molecule has 23 heteroatoms. The monoisotopic (exact) mass is 1690 g/mol. The second kappa shape index (κ2) is 43.9. The molecular weight excluding hydrogens is 1570 g/mol. The van der Waals surface area contributed by atoms with Crippen LogP contribution in [0.1, 0.15) is 122 Å². The van der Waals surface area contributed by atoms with Gasteiger partial charge in [-0.3, -0.25) is 19.4 Å². The van der Waals surface area contributed by atoms with Gasteiger partial charge in [-0.1, -0.05) is 151 Å². The van der Waals surface area contributed by atoms with Crippen molar-refractivity contribution in [3.8, 4) is 0 Å². The van der Waals surface area contributed by atoms with Crippen molar-refractivity contribution in [1.82, 2.24) is 39.6 Å². The molecule has 8 aliphatic heterocycles. The van der Waals surface area contributed by atoms with Crippen molar-refractivity contribution >= 4 is 59.9 Å². The second-order valence-corrected chi connectivity index (χ2v) is 25.6. The first-order valence-corrected chi connectivity index (χ1v) is 31.8. The topological polar surface area (TPSA) is 207 Å². The number of aliphatic hydroxyl groups is 3. The van der Waals surface area contributed by atoms with Crippen LogP contribution in [0.3, 0.4) is 0 Å². The van der Waals surface area contributed by atoms with Gasteiger partial charge in [0, 0.05) is 253 Å². The molecule has 8 saturated heterocycles. The molecule has 91 heavy (non-hydrogen) atoms. The van der Waals surface area contributed by atoms with E-state index in [0.29, 0.717) is 129 Å². The van der Waals surface area contributed by atoms with E-state index in [0.717, 1.165) is 36.7 Å². The number of Topliss-reactive ketones (excluding diaryl/α,β-unsaturated/α-hetero) is 1. The first kappa shape index (κ1) is 78.8. The molecule has 8 aliphatic rings. The summed E-state index contributed by atoms with van der Waals surface area (Å²) in [7, 11) is 1.68. The Balaban J connectivity index is -0.000000370. The molecule has 4 radical (unpaired) electrons. The summed E-state index contributed by atoms with van der Waals surface area (Å²) in [6, 6.07) is 43.4. The van der Waals surface area contributed by atoms with Crippen LogP contribution in [0.4, 0.5) is 0 Å². The van der Waals surface area contributed by atoms with Crippen LogP contribution < -0.4 is 5.32 Å². The normalized spacial score (nSPS) is 20.4. The Morgan fingerprint density at radius 2 is 0.813 bits per heavy atom. The molecule has 0 atom stereocenters. The van der Waals surface area contributed by atoms with Crippen molar-refractivity contribution in [2.75, 3.05) is 118 Å². The molecule has 5 amide bonds. The number of hydrogen-bond donors (Lipinski definition) is 4. The van der Waals surface area contributed by atoms with E-state index in [-0.39, 0.29) is 171 Å². The second-order valence-electron chi connectivity index (χ2n) is 23.9. The molecule has 500 valence electrons. The average Bonchev–Trinajstić information content (AvgIpc) is 0.775. The summed E-state index contributed by atoms with van der Waals surface area (Å²) in [5.41, 5.74) is 3.49. The van der Waals surface area contributed by atoms with Crippen LogP contribution in [-0.2, 0) is 164 Å². The Morgan fingerprint density at radius 3 is 1.07 bits per heavy atom. The maximum Gasteiger partial charge on any atom is 0.219 e. The molecule has 4 aromatic rings. The van der Waals surface area contributed by atoms with E-state index in [4.69, 9.17) is 11.9 Å². The molecule has 4 N–H and O–H groups in total. The first-order chi connectivity index (χ1) is 45.6. The average molecular weight is 1690 g/mol. The van der Waals surface area contributed by atoms with Gasteiger partial charge in [0.05, 0.1) is 28.9 Å². The van der Waals surface area contributed by atoms with Crippen molar-refractivity contribution in [1.29, 1.82) is 0 Å². The molecule has 0 aliphatic carbocycles. The Labute approximate surface area is 671 Å². The number of amides is 5. The molecule has 4 aromatic carbocycles. The molecule has 0 bridgehead atoms. The number of halogens is 1. The van der Waals surface area contributed by atoms with E-state index in [2.05, 4.69) is 152 Å². The third-order valence-corrected chi connectivity index (χ3v) is 19.2. The number of rotatable bonds is 14. The Hall–Kier alpha value is -1.23. The molecule has 12 rings (SSSR count). The fraction of sp³-hybridized carbons (Fsp3) is 0.559. The SMILES string of the molecule is C.CC(=O)N1CC(C2(O)CCN([C-]=O)CC2)C1.CCOC.IC1CN(C(c2ccccc2)c2ccccc2)C1.O=[C-]N1CCC(=O)CC1.O=[C-]N1CCC(O)(C2CN(C(c3ccccc3)c3ccccc3)C2)CC1.O=[C-]N1CCC(O)(C2CNC2)CC1.[2HH].[2HH].[2H][2H].[2H][2H].[2H][2H].[2H][2H].[Y].[Y].[Y].[Y]. The van der Waals surface area contributed by atoms with Crippen molar-refractivity contribution in [3.05, 3.63) is 144 Å². The third-order valence-electron chi connectivity index (χ3n) is 18.4. The summed E-state index contributed by atoms with van der Waals surface area (Å²) in [4.78, 5) is 76.2. The molecule has 8 heterocycles. The first-order valence-electron chi connectivity index (χ1n) is 34.5. The Bertz CT molecular complexity index is 2640. The summed E-state index contributed by atoms with van der Waals surface area (Å²) >= 11 is 2.54. The van der Waals surface area contributed by atoms with Crippen LogP contribution in [0.15, 0.2) is 121 Å². The van der Waals surface area contributed by atoms with Gasteiger partial charge in [-0.15, -0.1) is 0 Å². The van der Waals surface area contributed by atoms with Crippen molar-refractivity contribution in [2.45, 2.75) is 105 Å². The molecule has 0 spiro atoms. The minimum atomic E-state index is -0.695. The van der Waals surface area contributed by atoms with Gasteiger partial charge in [0.2, 0.25) is 5.91 Å². The van der Waals surface area contributed by atoms with Crippen LogP contribution in [0.2, 0.25) is 0 Å². The van der Waals surface area contributed by atoms with Gasteiger partial charge in [-0.25, -0.2) is 0 Å². The van der Waals surface area contributed by atoms with Crippen LogP contribution in [0, 0.1) is 17.8 Å². The number of alkyl halides is 1. The van der Waals surface area contributed by atoms with Gasteiger partial charge in [-0.05, 0) is 120 Å². The van der Waals surface area contributed by atoms with Crippen molar-refractivity contribution < 1.29 is 194 Å². The number of benzene rings is 4. The van der Waals surface area contributed by atoms with Gasteiger partial charge in [-0.2, -0.15) is 25.6 Å². The van der Waals surface area contributed by atoms with E-state index in [9.17, 15) is 44.1 Å². The van der Waals surface area contributed by atoms with Crippen molar-refractivity contribution in [3.63, 3.8) is 0 Å². The number of nitrogens with zero attached hydrogens (tertiary/aromatic N) is 7. The van der Waals surface area contributed by atoms with Crippen molar-refractivity contribution in [2.24, 2.45) is 17.8 Å². The predicted molar refractivity (Wildman–Crippen MR) is 359 cm³/mol. The van der Waals surface area contributed by atoms with Gasteiger partial charge in [0.25, 0.3) is 0 Å². The molecule has 0 unspecified atom stereocenters. The van der Waals surface area contributed by atoms with Crippen LogP contribution in [0.25, 0.3) is 0 Å². The summed E-state index contributed by atoms with van der Waals surface area (Å²) in [5, 5.41) is 34.8. The van der Waals surface area contributed by atoms with Crippen LogP contribution in [-0.4, -0.2) is 226 Å². The van der Waals surface area contributed by atoms with E-state index in [1.165, 1.54) is 40.2 Å². The number of carbonyl (C=O) groups excluding carboxylic acids is 6. The number of piperidine rings is 4. The third kappa shape index (κ3) is 25.5. The van der Waals surface area contributed by atoms with Gasteiger partial charge in [0.1, 0.15) is 5.78 Å². The van der Waals surface area contributed by atoms with Crippen LogP contribution in [0.5, 0.6) is 0 Å². The number of nitrogens with one attached hydrogen (secondary N) is 1. The molecular formula is C68H105IN8O10Y4-4. The smallest absolute Gasteiger partial charge is 0.219 e. The standard InChI is InChI=1S/C22H25N2O2.C16H16IN.C11H17N2O3.C9H15N2O2.C6H8NO2.C3H8O.CH4.4Y.6H2/c25-17-23-13-11-22(26,12-14-23)20-15-24(16-20)21(18-7-3-1-4-8-18)19-9-5-2-6-10-19;17-15-11-18(12-15)16(13-7-3-1-4-8-13)14-9-5-2-6-10-14;1-9(15)13-6-10(7-13)11(16)2-4-12(8-14)5-3-11;12-7-11-3-1-9(13,2-4-11)8-5-10-6-8;8-5-7-3-1-6(9)2-4-7;1-3-4-2;;;;;;;;;;;/h1-10,20-21,26H,11-16H2;1-10,15-16H,11-12H2;10,16H,2-7H2,1H3;8,10,13H,1-6H2;1-4H2;3H2,1-2H3;1H4;;;;;6*1H/q-1;;3*-1;;;;;;;;;;;;/i;;;;;;;;;;;4*1+1D;2*1+1. The molecule has 8 fully saturated rings. The number of likely N-dealkylation sites (tertiary alicyclic amines) is 7. The Morgan fingerprint density at radius 1 is 0.538 bits per heavy atom. The fourth-order valence-electron chi connectivity index (χ4n) is 12.3. The minimum Gasteiger partial charge on any atom is -0.520 e. The predicted octanol–water partition coefficient (Wildman–Crippen LogP) is 7.43. The summed E-state index contributed by atoms with van der Waals surface area (Å²) in [5.74, 6) is 1.15.